The third-order valence-corrected chi connectivity index (χ3v) is 3.82. The van der Waals surface area contributed by atoms with Crippen molar-refractivity contribution in [2.24, 2.45) is 23.7 Å². The van der Waals surface area contributed by atoms with Crippen molar-refractivity contribution in [1.29, 1.82) is 0 Å². The van der Waals surface area contributed by atoms with Gasteiger partial charge in [0.2, 0.25) is 0 Å². The highest BCUT2D eigenvalue weighted by Crippen LogP contribution is 2.48. The van der Waals surface area contributed by atoms with Crippen LogP contribution in [-0.4, -0.2) is 17.0 Å². The van der Waals surface area contributed by atoms with Gasteiger partial charge in [-0.15, -0.1) is 0 Å². The minimum atomic E-state index is -0.664. The van der Waals surface area contributed by atoms with Crippen molar-refractivity contribution < 1.29 is 9.90 Å². The highest BCUT2D eigenvalue weighted by molar-refractivity contribution is 5.88. The average Bonchev–Trinajstić information content (AvgIpc) is 2.51. The van der Waals surface area contributed by atoms with Crippen LogP contribution in [0.3, 0.4) is 0 Å². The van der Waals surface area contributed by atoms with Gasteiger partial charge in [0, 0.05) is 5.92 Å². The van der Waals surface area contributed by atoms with Crippen molar-refractivity contribution in [3.05, 3.63) is 0 Å². The predicted octanol–water partition coefficient (Wildman–Crippen LogP) is 1.23. The number of aliphatic hydroxyl groups excluding tert-OH is 1. The molecule has 2 saturated carbocycles. The van der Waals surface area contributed by atoms with E-state index in [-0.39, 0.29) is 17.6 Å². The first kappa shape index (κ1) is 8.24. The van der Waals surface area contributed by atoms with Crippen molar-refractivity contribution in [2.45, 2.75) is 32.8 Å². The molecule has 0 aliphatic heterocycles. The lowest BCUT2D eigenvalue weighted by Gasteiger charge is -2.13. The minimum Gasteiger partial charge on any atom is -0.385 e. The SMILES string of the molecule is CC1C(O)C(=O)[C@H]2[C@H](C)CC[C@@H]12. The van der Waals surface area contributed by atoms with Gasteiger partial charge in [-0.05, 0) is 30.6 Å². The van der Waals surface area contributed by atoms with Crippen molar-refractivity contribution >= 4 is 5.78 Å². The minimum absolute atomic E-state index is 0.109. The maximum Gasteiger partial charge on any atom is 0.165 e. The summed E-state index contributed by atoms with van der Waals surface area (Å²) in [6, 6.07) is 0. The van der Waals surface area contributed by atoms with E-state index in [9.17, 15) is 9.90 Å². The Kier molecular flexibility index (Phi) is 1.76. The van der Waals surface area contributed by atoms with Crippen LogP contribution in [0.25, 0.3) is 0 Å². The molecule has 2 aliphatic carbocycles. The molecule has 2 nitrogen and oxygen atoms in total. The molecule has 2 heteroatoms. The lowest BCUT2D eigenvalue weighted by Crippen LogP contribution is -2.23. The van der Waals surface area contributed by atoms with Gasteiger partial charge in [0.25, 0.3) is 0 Å². The number of hydrogen-bond acceptors (Lipinski definition) is 2. The zero-order valence-electron chi connectivity index (χ0n) is 7.66. The predicted molar refractivity (Wildman–Crippen MR) is 45.6 cm³/mol. The van der Waals surface area contributed by atoms with Gasteiger partial charge in [-0.3, -0.25) is 4.79 Å². The van der Waals surface area contributed by atoms with E-state index in [2.05, 4.69) is 6.92 Å². The fourth-order valence-electron chi connectivity index (χ4n) is 3.01. The molecule has 5 atom stereocenters. The summed E-state index contributed by atoms with van der Waals surface area (Å²) < 4.78 is 0. The standard InChI is InChI=1S/C10H16O2/c1-5-3-4-7-6(2)9(11)10(12)8(5)7/h5-9,11H,3-4H2,1-2H3/t5-,6?,7+,8+,9?/m1/s1. The molecule has 0 saturated heterocycles. The van der Waals surface area contributed by atoms with Crippen molar-refractivity contribution in [1.82, 2.24) is 0 Å². The Hall–Kier alpha value is -0.370. The van der Waals surface area contributed by atoms with Gasteiger partial charge in [0.05, 0.1) is 0 Å². The smallest absolute Gasteiger partial charge is 0.165 e. The van der Waals surface area contributed by atoms with Crippen molar-refractivity contribution in [3.63, 3.8) is 0 Å². The second-order valence-corrected chi connectivity index (χ2v) is 4.45. The lowest BCUT2D eigenvalue weighted by atomic mass is 9.90. The third kappa shape index (κ3) is 0.875. The Bertz CT molecular complexity index is 212. The van der Waals surface area contributed by atoms with Gasteiger partial charge in [0.1, 0.15) is 6.10 Å². The number of carbonyl (C=O) groups is 1. The van der Waals surface area contributed by atoms with Crippen LogP contribution in [0.4, 0.5) is 0 Å². The Balaban J connectivity index is 2.26. The molecule has 0 aromatic rings. The molecule has 0 amide bonds. The van der Waals surface area contributed by atoms with Crippen LogP contribution in [0, 0.1) is 23.7 Å². The van der Waals surface area contributed by atoms with E-state index in [0.717, 1.165) is 12.8 Å². The number of aliphatic hydroxyl groups is 1. The van der Waals surface area contributed by atoms with E-state index in [1.165, 1.54) is 0 Å². The molecule has 0 bridgehead atoms. The highest BCUT2D eigenvalue weighted by Gasteiger charge is 2.51. The Morgan fingerprint density at radius 1 is 1.33 bits per heavy atom. The number of ketones is 1. The summed E-state index contributed by atoms with van der Waals surface area (Å²) in [5.41, 5.74) is 0. The lowest BCUT2D eigenvalue weighted by molar-refractivity contribution is -0.129. The fourth-order valence-corrected chi connectivity index (χ4v) is 3.01. The van der Waals surface area contributed by atoms with Crippen molar-refractivity contribution in [3.8, 4) is 0 Å². The second-order valence-electron chi connectivity index (χ2n) is 4.45. The van der Waals surface area contributed by atoms with E-state index < -0.39 is 6.10 Å². The molecule has 0 aromatic carbocycles. The van der Waals surface area contributed by atoms with Crippen LogP contribution >= 0.6 is 0 Å². The van der Waals surface area contributed by atoms with Crippen molar-refractivity contribution in [2.75, 3.05) is 0 Å². The Labute approximate surface area is 73.0 Å². The van der Waals surface area contributed by atoms with Gasteiger partial charge >= 0.3 is 0 Å². The summed E-state index contributed by atoms with van der Waals surface area (Å²) in [5, 5.41) is 9.54. The highest BCUT2D eigenvalue weighted by atomic mass is 16.3. The zero-order chi connectivity index (χ0) is 8.88. The molecule has 68 valence electrons. The molecule has 2 aliphatic rings. The largest absolute Gasteiger partial charge is 0.385 e. The van der Waals surface area contributed by atoms with E-state index in [0.29, 0.717) is 11.8 Å². The van der Waals surface area contributed by atoms with Crippen LogP contribution in [-0.2, 0) is 4.79 Å². The Morgan fingerprint density at radius 3 is 2.58 bits per heavy atom. The van der Waals surface area contributed by atoms with E-state index >= 15 is 0 Å². The molecule has 0 heterocycles. The van der Waals surface area contributed by atoms with Crippen LogP contribution in [0.1, 0.15) is 26.7 Å². The summed E-state index contributed by atoms with van der Waals surface area (Å²) in [6.07, 6.45) is 1.64. The number of carbonyl (C=O) groups excluding carboxylic acids is 1. The van der Waals surface area contributed by atoms with E-state index in [4.69, 9.17) is 0 Å². The normalized spacial score (nSPS) is 52.9. The summed E-state index contributed by atoms with van der Waals surface area (Å²) in [7, 11) is 0. The number of hydrogen-bond donors (Lipinski definition) is 1. The van der Waals surface area contributed by atoms with Gasteiger partial charge in [-0.2, -0.15) is 0 Å². The van der Waals surface area contributed by atoms with Gasteiger partial charge in [0.15, 0.2) is 5.78 Å². The summed E-state index contributed by atoms with van der Waals surface area (Å²) in [4.78, 5) is 11.6. The molecule has 1 N–H and O–H groups in total. The monoisotopic (exact) mass is 168 g/mol. The quantitative estimate of drug-likeness (QED) is 0.590. The number of fused-ring (bicyclic) bond motifs is 1. The molecular weight excluding hydrogens is 152 g/mol. The molecular formula is C10H16O2. The molecule has 2 fully saturated rings. The fraction of sp³-hybridized carbons (Fsp3) is 0.900. The zero-order valence-corrected chi connectivity index (χ0v) is 7.66. The van der Waals surface area contributed by atoms with Gasteiger partial charge in [-0.1, -0.05) is 13.8 Å². The molecule has 0 aromatic heterocycles. The first-order valence-electron chi connectivity index (χ1n) is 4.84. The third-order valence-electron chi connectivity index (χ3n) is 3.82. The maximum absolute atomic E-state index is 11.6. The van der Waals surface area contributed by atoms with Crippen LogP contribution in [0.5, 0.6) is 0 Å². The summed E-state index contributed by atoms with van der Waals surface area (Å²) in [5.74, 6) is 1.46. The summed E-state index contributed by atoms with van der Waals surface area (Å²) >= 11 is 0. The molecule has 0 spiro atoms. The first-order chi connectivity index (χ1) is 5.63. The first-order valence-corrected chi connectivity index (χ1v) is 4.84. The number of Topliss-reactive ketones (excluding diaryl/α,β-unsaturated/α-hetero) is 1. The topological polar surface area (TPSA) is 37.3 Å². The molecule has 12 heavy (non-hydrogen) atoms. The summed E-state index contributed by atoms with van der Waals surface area (Å²) in [6.45, 7) is 4.14. The van der Waals surface area contributed by atoms with Gasteiger partial charge < -0.3 is 5.11 Å². The molecule has 2 rings (SSSR count). The van der Waals surface area contributed by atoms with Gasteiger partial charge in [-0.25, -0.2) is 0 Å². The Morgan fingerprint density at radius 2 is 2.00 bits per heavy atom. The van der Waals surface area contributed by atoms with Crippen LogP contribution in [0.2, 0.25) is 0 Å². The maximum atomic E-state index is 11.6. The molecule has 0 radical (unpaired) electrons. The van der Waals surface area contributed by atoms with E-state index in [1.54, 1.807) is 0 Å². The second kappa shape index (κ2) is 2.56. The molecule has 2 unspecified atom stereocenters. The van der Waals surface area contributed by atoms with Crippen LogP contribution < -0.4 is 0 Å². The van der Waals surface area contributed by atoms with Crippen LogP contribution in [0.15, 0.2) is 0 Å². The van der Waals surface area contributed by atoms with E-state index in [1.807, 2.05) is 6.92 Å². The average molecular weight is 168 g/mol. The number of rotatable bonds is 0.